The van der Waals surface area contributed by atoms with E-state index in [4.69, 9.17) is 21.3 Å². The van der Waals surface area contributed by atoms with Gasteiger partial charge in [0.05, 0.1) is 16.8 Å². The summed E-state index contributed by atoms with van der Waals surface area (Å²) in [5.41, 5.74) is 6.65. The fourth-order valence-corrected chi connectivity index (χ4v) is 7.56. The highest BCUT2D eigenvalue weighted by Crippen LogP contribution is 2.38. The monoisotopic (exact) mass is 585 g/mol. The van der Waals surface area contributed by atoms with Crippen LogP contribution in [0.2, 0.25) is 0 Å². The standard InChI is InChI=1S/C19H14N2O2.C18H13NO.Al/c22-16-5-1-3-12-7-9-14(20-18(12)16)11-15-10-8-13-4-2-6-17(23)19(13)21-15;20-17-12-6-11-16-18(17)14-9-4-5-10-15(14)19(16)13-7-2-1-3-8-13;/h1-10,22-23H,11H2;1-12,20H;/q;;+3/p-3. The summed E-state index contributed by atoms with van der Waals surface area (Å²) in [4.78, 5) is 10.0. The number of hydrogen-bond acceptors (Lipinski definition) is 5. The van der Waals surface area contributed by atoms with E-state index in [1.807, 2.05) is 54.6 Å². The minimum Gasteiger partial charge on any atom is -0.577 e. The lowest BCUT2D eigenvalue weighted by Gasteiger charge is -2.20. The second-order valence-electron chi connectivity index (χ2n) is 10.9. The molecule has 1 aliphatic rings. The number of benzene rings is 5. The van der Waals surface area contributed by atoms with Gasteiger partial charge in [-0.3, -0.25) is 0 Å². The maximum atomic E-state index is 6.86. The minimum absolute atomic E-state index is 0.610. The topological polar surface area (TPSA) is 58.4 Å². The molecule has 3 aromatic heterocycles. The van der Waals surface area contributed by atoms with Crippen molar-refractivity contribution in [3.63, 3.8) is 0 Å². The van der Waals surface area contributed by atoms with E-state index >= 15 is 0 Å². The second kappa shape index (κ2) is 10.1. The molecule has 6 nitrogen and oxygen atoms in total. The van der Waals surface area contributed by atoms with E-state index in [2.05, 4.69) is 83.4 Å². The predicted octanol–water partition coefficient (Wildman–Crippen LogP) is 8.31. The summed E-state index contributed by atoms with van der Waals surface area (Å²) < 4.78 is 22.6. The van der Waals surface area contributed by atoms with Gasteiger partial charge in [0.1, 0.15) is 22.5 Å². The summed E-state index contributed by atoms with van der Waals surface area (Å²) in [6, 6.07) is 45.2. The van der Waals surface area contributed by atoms with Crippen LogP contribution in [0.5, 0.6) is 17.2 Å². The molecule has 7 heteroatoms. The van der Waals surface area contributed by atoms with E-state index in [0.29, 0.717) is 23.7 Å². The molecule has 5 aromatic carbocycles. The Balaban J connectivity index is 1.24. The van der Waals surface area contributed by atoms with Crippen molar-refractivity contribution < 1.29 is 11.4 Å². The smallest absolute Gasteiger partial charge is 0.577 e. The number of pyridine rings is 2. The maximum absolute atomic E-state index is 6.86. The lowest BCUT2D eigenvalue weighted by molar-refractivity contribution is 0.311. The van der Waals surface area contributed by atoms with E-state index in [-0.39, 0.29) is 0 Å². The van der Waals surface area contributed by atoms with E-state index in [0.717, 1.165) is 60.7 Å². The summed E-state index contributed by atoms with van der Waals surface area (Å²) in [5.74, 6) is 1.99. The van der Waals surface area contributed by atoms with Crippen LogP contribution in [0.4, 0.5) is 0 Å². The summed E-state index contributed by atoms with van der Waals surface area (Å²) in [6.07, 6.45) is 0.610. The van der Waals surface area contributed by atoms with Crippen LogP contribution >= 0.6 is 0 Å². The lowest BCUT2D eigenvalue weighted by Crippen LogP contribution is -2.37. The van der Waals surface area contributed by atoms with Gasteiger partial charge in [0, 0.05) is 45.0 Å². The molecule has 9 rings (SSSR count). The molecule has 0 saturated heterocycles. The van der Waals surface area contributed by atoms with Crippen LogP contribution in [0.3, 0.4) is 0 Å². The number of rotatable bonds is 3. The highest BCUT2D eigenvalue weighted by Gasteiger charge is 2.46. The zero-order valence-corrected chi connectivity index (χ0v) is 24.7. The number of fused-ring (bicyclic) bond motifs is 5. The molecule has 0 fully saturated rings. The van der Waals surface area contributed by atoms with Crippen molar-refractivity contribution in [1.82, 2.24) is 14.5 Å². The molecule has 0 spiro atoms. The van der Waals surface area contributed by atoms with Crippen molar-refractivity contribution >= 4 is 58.8 Å². The first-order valence-corrected chi connectivity index (χ1v) is 16.0. The Bertz CT molecular complexity index is 2280. The summed E-state index contributed by atoms with van der Waals surface area (Å²) in [7, 11) is 0. The highest BCUT2D eigenvalue weighted by atomic mass is 27.3. The molecular weight excluding hydrogens is 561 g/mol. The van der Waals surface area contributed by atoms with Gasteiger partial charge in [-0.05, 0) is 54.6 Å². The van der Waals surface area contributed by atoms with Gasteiger partial charge < -0.3 is 15.9 Å². The Morgan fingerprint density at radius 1 is 0.568 bits per heavy atom. The van der Waals surface area contributed by atoms with Gasteiger partial charge in [-0.25, -0.2) is 9.97 Å². The van der Waals surface area contributed by atoms with Crippen molar-refractivity contribution in [2.24, 2.45) is 0 Å². The largest absolute Gasteiger partial charge is 1.20 e. The molecule has 4 bridgehead atoms. The van der Waals surface area contributed by atoms with Crippen molar-refractivity contribution in [3.8, 4) is 22.9 Å². The summed E-state index contributed by atoms with van der Waals surface area (Å²) in [5, 5.41) is 4.09. The normalized spacial score (nSPS) is 12.8. The fourth-order valence-electron chi connectivity index (χ4n) is 6.22. The van der Waals surface area contributed by atoms with Crippen molar-refractivity contribution in [2.75, 3.05) is 0 Å². The predicted molar refractivity (Wildman–Crippen MR) is 175 cm³/mol. The van der Waals surface area contributed by atoms with Crippen LogP contribution in [0, 0.1) is 0 Å². The maximum Gasteiger partial charge on any atom is 1.20 e. The van der Waals surface area contributed by atoms with Crippen molar-refractivity contribution in [2.45, 2.75) is 6.42 Å². The molecule has 208 valence electrons. The van der Waals surface area contributed by atoms with Crippen LogP contribution in [0.1, 0.15) is 11.4 Å². The first-order chi connectivity index (χ1) is 21.8. The number of hydrogen-bond donors (Lipinski definition) is 0. The third kappa shape index (κ3) is 4.17. The van der Waals surface area contributed by atoms with E-state index < -0.39 is 15.1 Å². The third-order valence-electron chi connectivity index (χ3n) is 8.19. The Morgan fingerprint density at radius 2 is 1.18 bits per heavy atom. The van der Waals surface area contributed by atoms with E-state index in [9.17, 15) is 0 Å². The molecule has 0 atom stereocenters. The number of para-hydroxylation sites is 4. The zero-order valence-electron chi connectivity index (χ0n) is 23.6. The molecule has 4 heterocycles. The van der Waals surface area contributed by atoms with Gasteiger partial charge in [-0.2, -0.15) is 0 Å². The summed E-state index contributed by atoms with van der Waals surface area (Å²) in [6.45, 7) is 0. The first kappa shape index (κ1) is 25.2. The SMILES string of the molecule is c1ccc(-n2c3ccccc3c3c([O][Al]4[O]c5cccc6ccc(nc56)Cc5ccc6cccc(c6n5)[O]4)cccc32)cc1. The average Bonchev–Trinajstić information content (AvgIpc) is 3.40. The molecule has 8 aromatic rings. The Hall–Kier alpha value is -5.35. The molecule has 0 unspecified atom stereocenters. The molecule has 0 aliphatic carbocycles. The van der Waals surface area contributed by atoms with Crippen LogP contribution < -0.4 is 11.4 Å². The summed E-state index contributed by atoms with van der Waals surface area (Å²) >= 11 is -2.97. The quantitative estimate of drug-likeness (QED) is 0.195. The molecular formula is C37H24AlN3O3. The first-order valence-electron chi connectivity index (χ1n) is 14.6. The van der Waals surface area contributed by atoms with Gasteiger partial charge >= 0.3 is 15.1 Å². The Kier molecular flexibility index (Phi) is 5.80. The second-order valence-corrected chi connectivity index (χ2v) is 12.2. The number of nitrogens with zero attached hydrogens (tertiary/aromatic N) is 3. The molecule has 0 radical (unpaired) electrons. The van der Waals surface area contributed by atoms with Crippen molar-refractivity contribution in [3.05, 3.63) is 145 Å². The molecule has 0 saturated carbocycles. The highest BCUT2D eigenvalue weighted by molar-refractivity contribution is 6.40. The average molecular weight is 586 g/mol. The van der Waals surface area contributed by atoms with Crippen LogP contribution in [0.15, 0.2) is 133 Å². The van der Waals surface area contributed by atoms with Gasteiger partial charge in [0.2, 0.25) is 0 Å². The molecule has 1 aliphatic heterocycles. The minimum atomic E-state index is -2.97. The van der Waals surface area contributed by atoms with Crippen LogP contribution in [0.25, 0.3) is 49.3 Å². The third-order valence-corrected chi connectivity index (χ3v) is 9.53. The molecule has 44 heavy (non-hydrogen) atoms. The Morgan fingerprint density at radius 3 is 1.89 bits per heavy atom. The fraction of sp³-hybridized carbons (Fsp3) is 0.0270. The zero-order chi connectivity index (χ0) is 29.0. The van der Waals surface area contributed by atoms with Gasteiger partial charge in [-0.1, -0.05) is 78.9 Å². The van der Waals surface area contributed by atoms with Crippen LogP contribution in [-0.4, -0.2) is 29.7 Å². The van der Waals surface area contributed by atoms with Crippen LogP contribution in [-0.2, 0) is 6.42 Å². The van der Waals surface area contributed by atoms with Gasteiger partial charge in [0.15, 0.2) is 0 Å². The van der Waals surface area contributed by atoms with E-state index in [1.54, 1.807) is 0 Å². The molecule has 0 amide bonds. The van der Waals surface area contributed by atoms with Gasteiger partial charge in [0.25, 0.3) is 0 Å². The number of aromatic nitrogens is 3. The molecule has 0 N–H and O–H groups in total. The van der Waals surface area contributed by atoms with E-state index in [1.165, 1.54) is 0 Å². The van der Waals surface area contributed by atoms with Gasteiger partial charge in [-0.15, -0.1) is 0 Å². The lowest BCUT2D eigenvalue weighted by atomic mass is 10.1. The van der Waals surface area contributed by atoms with Crippen molar-refractivity contribution in [1.29, 1.82) is 0 Å². The Labute approximate surface area is 258 Å².